The van der Waals surface area contributed by atoms with Crippen LogP contribution in [0.4, 0.5) is 0 Å². The minimum Gasteiger partial charge on any atom is -0.481 e. The van der Waals surface area contributed by atoms with E-state index in [1.54, 1.807) is 0 Å². The first-order chi connectivity index (χ1) is 9.30. The molecule has 0 heterocycles. The van der Waals surface area contributed by atoms with E-state index in [9.17, 15) is 18.0 Å². The number of rotatable bonds is 7. The molecule has 0 atom stereocenters. The van der Waals surface area contributed by atoms with Crippen LogP contribution in [0, 0.1) is 0 Å². The molecule has 0 radical (unpaired) electrons. The summed E-state index contributed by atoms with van der Waals surface area (Å²) in [6, 6.07) is 5.25. The van der Waals surface area contributed by atoms with Crippen LogP contribution in [0.2, 0.25) is 0 Å². The van der Waals surface area contributed by atoms with Crippen LogP contribution in [0.15, 0.2) is 29.2 Å². The van der Waals surface area contributed by atoms with E-state index < -0.39 is 16.0 Å². The molecule has 0 aromatic heterocycles. The monoisotopic (exact) mass is 300 g/mol. The zero-order valence-electron chi connectivity index (χ0n) is 10.7. The van der Waals surface area contributed by atoms with Gasteiger partial charge in [0.15, 0.2) is 0 Å². The maximum Gasteiger partial charge on any atom is 0.303 e. The van der Waals surface area contributed by atoms with Crippen LogP contribution in [0.1, 0.15) is 29.6 Å². The number of amides is 1. The number of carbonyl (C=O) groups is 2. The van der Waals surface area contributed by atoms with Crippen molar-refractivity contribution in [3.63, 3.8) is 0 Å². The molecule has 0 saturated heterocycles. The van der Waals surface area contributed by atoms with Crippen molar-refractivity contribution in [2.75, 3.05) is 6.54 Å². The molecule has 4 N–H and O–H groups in total. The van der Waals surface area contributed by atoms with E-state index in [1.165, 1.54) is 24.3 Å². The Bertz CT molecular complexity index is 580. The number of hydrogen-bond acceptors (Lipinski definition) is 4. The average molecular weight is 300 g/mol. The van der Waals surface area contributed by atoms with Crippen LogP contribution in [-0.2, 0) is 14.8 Å². The number of primary sulfonamides is 1. The molecule has 0 aliphatic carbocycles. The molecule has 0 spiro atoms. The number of carboxylic acid groups (broad SMARTS) is 1. The Morgan fingerprint density at radius 1 is 1.15 bits per heavy atom. The summed E-state index contributed by atoms with van der Waals surface area (Å²) in [6.45, 7) is 0.364. The van der Waals surface area contributed by atoms with Crippen LogP contribution in [0.5, 0.6) is 0 Å². The summed E-state index contributed by atoms with van der Waals surface area (Å²) in [5.41, 5.74) is 0.315. The molecule has 1 rings (SSSR count). The van der Waals surface area contributed by atoms with Gasteiger partial charge in [-0.05, 0) is 37.1 Å². The van der Waals surface area contributed by atoms with E-state index >= 15 is 0 Å². The third kappa shape index (κ3) is 5.37. The minimum absolute atomic E-state index is 0.0597. The fourth-order valence-electron chi connectivity index (χ4n) is 1.50. The first kappa shape index (κ1) is 16.1. The van der Waals surface area contributed by atoms with Crippen LogP contribution in [0.3, 0.4) is 0 Å². The Hall–Kier alpha value is -1.93. The van der Waals surface area contributed by atoms with Crippen molar-refractivity contribution < 1.29 is 23.1 Å². The second kappa shape index (κ2) is 7.01. The largest absolute Gasteiger partial charge is 0.481 e. The quantitative estimate of drug-likeness (QED) is 0.625. The molecule has 8 heteroatoms. The Morgan fingerprint density at radius 2 is 1.75 bits per heavy atom. The summed E-state index contributed by atoms with van der Waals surface area (Å²) in [7, 11) is -3.77. The molecule has 0 aliphatic rings. The van der Waals surface area contributed by atoms with E-state index in [0.717, 1.165) is 0 Å². The predicted octanol–water partition coefficient (Wildman–Crippen LogP) is 0.319. The molecule has 20 heavy (non-hydrogen) atoms. The maximum atomic E-state index is 11.7. The number of nitrogens with two attached hydrogens (primary N) is 1. The van der Waals surface area contributed by atoms with Gasteiger partial charge in [0.1, 0.15) is 0 Å². The Balaban J connectivity index is 2.46. The molecule has 0 aliphatic heterocycles. The highest BCUT2D eigenvalue weighted by Gasteiger charge is 2.09. The lowest BCUT2D eigenvalue weighted by atomic mass is 10.2. The molecule has 0 unspecified atom stereocenters. The van der Waals surface area contributed by atoms with Gasteiger partial charge < -0.3 is 10.4 Å². The standard InChI is InChI=1S/C12H16N2O5S/c13-20(18,19)10-6-4-9(5-7-10)12(17)14-8-2-1-3-11(15)16/h4-7H,1-3,8H2,(H,14,17)(H,15,16)(H2,13,18,19). The van der Waals surface area contributed by atoms with Gasteiger partial charge in [-0.1, -0.05) is 0 Å². The second-order valence-electron chi connectivity index (χ2n) is 4.18. The third-order valence-electron chi connectivity index (χ3n) is 2.55. The average Bonchev–Trinajstić information content (AvgIpc) is 2.37. The number of unbranched alkanes of at least 4 members (excludes halogenated alkanes) is 1. The van der Waals surface area contributed by atoms with Crippen molar-refractivity contribution in [2.45, 2.75) is 24.2 Å². The number of benzene rings is 1. The van der Waals surface area contributed by atoms with E-state index in [4.69, 9.17) is 10.2 Å². The smallest absolute Gasteiger partial charge is 0.303 e. The summed E-state index contributed by atoms with van der Waals surface area (Å²) in [6.07, 6.45) is 1.12. The molecule has 1 aromatic carbocycles. The van der Waals surface area contributed by atoms with E-state index in [1.807, 2.05) is 0 Å². The van der Waals surface area contributed by atoms with Gasteiger partial charge in [0, 0.05) is 18.5 Å². The van der Waals surface area contributed by atoms with Gasteiger partial charge in [-0.15, -0.1) is 0 Å². The van der Waals surface area contributed by atoms with Crippen molar-refractivity contribution in [2.24, 2.45) is 5.14 Å². The zero-order chi connectivity index (χ0) is 15.2. The number of hydrogen-bond donors (Lipinski definition) is 3. The Kier molecular flexibility index (Phi) is 5.66. The van der Waals surface area contributed by atoms with Gasteiger partial charge in [-0.2, -0.15) is 0 Å². The number of carboxylic acids is 1. The SMILES string of the molecule is NS(=O)(=O)c1ccc(C(=O)NCCCCC(=O)O)cc1. The molecular formula is C12H16N2O5S. The van der Waals surface area contributed by atoms with Crippen molar-refractivity contribution in [3.8, 4) is 0 Å². The van der Waals surface area contributed by atoms with Crippen molar-refractivity contribution >= 4 is 21.9 Å². The summed E-state index contributed by atoms with van der Waals surface area (Å²) < 4.78 is 22.1. The normalized spacial score (nSPS) is 11.1. The Labute approximate surface area is 116 Å². The highest BCUT2D eigenvalue weighted by Crippen LogP contribution is 2.08. The summed E-state index contributed by atoms with van der Waals surface area (Å²) in [4.78, 5) is 21.9. The molecule has 110 valence electrons. The van der Waals surface area contributed by atoms with Crippen LogP contribution in [-0.4, -0.2) is 31.9 Å². The summed E-state index contributed by atoms with van der Waals surface area (Å²) in [5, 5.41) is 16.0. The van der Waals surface area contributed by atoms with Crippen LogP contribution < -0.4 is 10.5 Å². The van der Waals surface area contributed by atoms with Gasteiger partial charge in [0.05, 0.1) is 4.90 Å². The predicted molar refractivity (Wildman–Crippen MR) is 71.6 cm³/mol. The number of carbonyl (C=O) groups excluding carboxylic acids is 1. The van der Waals surface area contributed by atoms with Crippen molar-refractivity contribution in [1.29, 1.82) is 0 Å². The number of sulfonamides is 1. The maximum absolute atomic E-state index is 11.7. The fourth-order valence-corrected chi connectivity index (χ4v) is 2.02. The molecule has 0 saturated carbocycles. The highest BCUT2D eigenvalue weighted by molar-refractivity contribution is 7.89. The van der Waals surface area contributed by atoms with Gasteiger partial charge in [0.25, 0.3) is 5.91 Å². The molecule has 1 aromatic rings. The van der Waals surface area contributed by atoms with Gasteiger partial charge in [-0.25, -0.2) is 13.6 Å². The molecule has 7 nitrogen and oxygen atoms in total. The van der Waals surface area contributed by atoms with Gasteiger partial charge in [-0.3, -0.25) is 9.59 Å². The topological polar surface area (TPSA) is 127 Å². The highest BCUT2D eigenvalue weighted by atomic mass is 32.2. The molecular weight excluding hydrogens is 284 g/mol. The Morgan fingerprint density at radius 3 is 2.25 bits per heavy atom. The number of aliphatic carboxylic acids is 1. The fraction of sp³-hybridized carbons (Fsp3) is 0.333. The lowest BCUT2D eigenvalue weighted by Crippen LogP contribution is -2.24. The first-order valence-electron chi connectivity index (χ1n) is 5.93. The molecule has 0 fully saturated rings. The summed E-state index contributed by atoms with van der Waals surface area (Å²) in [5.74, 6) is -1.21. The molecule has 1 amide bonds. The number of nitrogens with one attached hydrogen (secondary N) is 1. The van der Waals surface area contributed by atoms with Crippen molar-refractivity contribution in [3.05, 3.63) is 29.8 Å². The van der Waals surface area contributed by atoms with Gasteiger partial charge in [0.2, 0.25) is 10.0 Å². The lowest BCUT2D eigenvalue weighted by molar-refractivity contribution is -0.137. The summed E-state index contributed by atoms with van der Waals surface area (Å²) >= 11 is 0. The third-order valence-corrected chi connectivity index (χ3v) is 3.48. The zero-order valence-corrected chi connectivity index (χ0v) is 11.5. The van der Waals surface area contributed by atoms with E-state index in [2.05, 4.69) is 5.32 Å². The van der Waals surface area contributed by atoms with Gasteiger partial charge >= 0.3 is 5.97 Å². The molecule has 0 bridgehead atoms. The lowest BCUT2D eigenvalue weighted by Gasteiger charge is -2.05. The van der Waals surface area contributed by atoms with Crippen LogP contribution in [0.25, 0.3) is 0 Å². The van der Waals surface area contributed by atoms with E-state index in [-0.39, 0.29) is 17.2 Å². The first-order valence-corrected chi connectivity index (χ1v) is 7.48. The second-order valence-corrected chi connectivity index (χ2v) is 5.74. The van der Waals surface area contributed by atoms with E-state index in [0.29, 0.717) is 24.9 Å². The minimum atomic E-state index is -3.77. The van der Waals surface area contributed by atoms with Crippen LogP contribution >= 0.6 is 0 Å². The van der Waals surface area contributed by atoms with Crippen molar-refractivity contribution in [1.82, 2.24) is 5.32 Å².